The molecule has 0 aromatic carbocycles. The molecule has 1 atom stereocenters. The lowest BCUT2D eigenvalue weighted by molar-refractivity contribution is -0.117. The van der Waals surface area contributed by atoms with Gasteiger partial charge in [0, 0.05) is 32.5 Å². The molecule has 0 spiro atoms. The van der Waals surface area contributed by atoms with Crippen LogP contribution >= 0.6 is 0 Å². The van der Waals surface area contributed by atoms with Gasteiger partial charge in [0.1, 0.15) is 0 Å². The van der Waals surface area contributed by atoms with Gasteiger partial charge in [-0.15, -0.1) is 0 Å². The fraction of sp³-hybridized carbons (Fsp3) is 0.692. The molecule has 9 nitrogen and oxygen atoms in total. The Hall–Kier alpha value is -2.00. The minimum absolute atomic E-state index is 0.113. The Morgan fingerprint density at radius 1 is 1.23 bits per heavy atom. The van der Waals surface area contributed by atoms with Crippen LogP contribution in [0.4, 0.5) is 11.6 Å². The van der Waals surface area contributed by atoms with Crippen LogP contribution in [0.2, 0.25) is 0 Å². The van der Waals surface area contributed by atoms with Gasteiger partial charge in [-0.05, 0) is 23.7 Å². The van der Waals surface area contributed by atoms with Gasteiger partial charge in [-0.1, -0.05) is 0 Å². The quantitative estimate of drug-likeness (QED) is 0.785. The lowest BCUT2D eigenvalue weighted by atomic mass is 10.1. The monoisotopic (exact) mass is 311 g/mol. The lowest BCUT2D eigenvalue weighted by Gasteiger charge is -2.32. The fourth-order valence-corrected chi connectivity index (χ4v) is 2.25. The van der Waals surface area contributed by atoms with E-state index in [2.05, 4.69) is 37.4 Å². The summed E-state index contributed by atoms with van der Waals surface area (Å²) in [6.45, 7) is 6.69. The van der Waals surface area contributed by atoms with Crippen LogP contribution in [0.1, 0.15) is 26.7 Å². The molecule has 0 bridgehead atoms. The van der Waals surface area contributed by atoms with E-state index in [4.69, 9.17) is 4.74 Å². The molecule has 2 N–H and O–H groups in total. The van der Waals surface area contributed by atoms with E-state index in [0.29, 0.717) is 12.5 Å². The van der Waals surface area contributed by atoms with Gasteiger partial charge in [-0.25, -0.2) is 4.63 Å². The summed E-state index contributed by atoms with van der Waals surface area (Å²) in [7, 11) is 0. The van der Waals surface area contributed by atoms with E-state index in [9.17, 15) is 9.59 Å². The first kappa shape index (κ1) is 16.4. The van der Waals surface area contributed by atoms with Crippen LogP contribution in [-0.4, -0.2) is 59.4 Å². The summed E-state index contributed by atoms with van der Waals surface area (Å²) in [6, 6.07) is 0.305. The topological polar surface area (TPSA) is 110 Å². The normalized spacial score (nSPS) is 17.0. The maximum Gasteiger partial charge on any atom is 0.225 e. The zero-order chi connectivity index (χ0) is 15.9. The average molecular weight is 311 g/mol. The van der Waals surface area contributed by atoms with Crippen molar-refractivity contribution in [1.82, 2.24) is 15.2 Å². The van der Waals surface area contributed by atoms with Crippen LogP contribution < -0.4 is 10.6 Å². The van der Waals surface area contributed by atoms with Gasteiger partial charge in [0.15, 0.2) is 0 Å². The number of rotatable bonds is 6. The van der Waals surface area contributed by atoms with Gasteiger partial charge in [0.25, 0.3) is 0 Å². The molecule has 1 aromatic heterocycles. The largest absolute Gasteiger partial charge is 0.379 e. The van der Waals surface area contributed by atoms with Crippen LogP contribution in [-0.2, 0) is 14.3 Å². The van der Waals surface area contributed by atoms with Crippen LogP contribution in [0.3, 0.4) is 0 Å². The number of hydrogen-bond acceptors (Lipinski definition) is 7. The highest BCUT2D eigenvalue weighted by Crippen LogP contribution is 2.16. The van der Waals surface area contributed by atoms with E-state index >= 15 is 0 Å². The summed E-state index contributed by atoms with van der Waals surface area (Å²) < 4.78 is 9.83. The number of anilines is 2. The summed E-state index contributed by atoms with van der Waals surface area (Å²) in [6.07, 6.45) is 1.08. The summed E-state index contributed by atoms with van der Waals surface area (Å²) in [5.74, 6) is -0.268. The van der Waals surface area contributed by atoms with Crippen molar-refractivity contribution in [3.8, 4) is 0 Å². The second kappa shape index (κ2) is 7.85. The van der Waals surface area contributed by atoms with Gasteiger partial charge in [0.2, 0.25) is 23.5 Å². The SMILES string of the molecule is CC(=O)Nc1nonc1NC(=O)CCC(C)N1CCOCC1. The van der Waals surface area contributed by atoms with Crippen molar-refractivity contribution in [2.75, 3.05) is 36.9 Å². The van der Waals surface area contributed by atoms with E-state index in [-0.39, 0.29) is 23.5 Å². The molecule has 1 fully saturated rings. The second-order valence-corrected chi connectivity index (χ2v) is 5.23. The number of nitrogens with one attached hydrogen (secondary N) is 2. The molecule has 0 saturated carbocycles. The van der Waals surface area contributed by atoms with Crippen LogP contribution in [0.25, 0.3) is 0 Å². The van der Waals surface area contributed by atoms with Crippen molar-refractivity contribution in [2.45, 2.75) is 32.7 Å². The summed E-state index contributed by atoms with van der Waals surface area (Å²) in [5, 5.41) is 12.1. The predicted molar refractivity (Wildman–Crippen MR) is 78.3 cm³/mol. The molecule has 1 aliphatic rings. The zero-order valence-corrected chi connectivity index (χ0v) is 12.8. The minimum Gasteiger partial charge on any atom is -0.379 e. The van der Waals surface area contributed by atoms with Crippen molar-refractivity contribution in [3.05, 3.63) is 0 Å². The first-order valence-electron chi connectivity index (χ1n) is 7.28. The van der Waals surface area contributed by atoms with Crippen molar-refractivity contribution < 1.29 is 19.0 Å². The molecular formula is C13H21N5O4. The minimum atomic E-state index is -0.313. The van der Waals surface area contributed by atoms with Crippen molar-refractivity contribution in [2.24, 2.45) is 0 Å². The molecule has 1 unspecified atom stereocenters. The Balaban J connectivity index is 1.78. The molecule has 1 aliphatic heterocycles. The number of carbonyl (C=O) groups is 2. The van der Waals surface area contributed by atoms with Crippen LogP contribution in [0, 0.1) is 0 Å². The van der Waals surface area contributed by atoms with E-state index in [1.54, 1.807) is 0 Å². The van der Waals surface area contributed by atoms with E-state index < -0.39 is 0 Å². The van der Waals surface area contributed by atoms with Gasteiger partial charge >= 0.3 is 0 Å². The van der Waals surface area contributed by atoms with Crippen molar-refractivity contribution >= 4 is 23.5 Å². The summed E-state index contributed by atoms with van der Waals surface area (Å²) >= 11 is 0. The van der Waals surface area contributed by atoms with Gasteiger partial charge < -0.3 is 15.4 Å². The lowest BCUT2D eigenvalue weighted by Crippen LogP contribution is -2.42. The maximum absolute atomic E-state index is 12.0. The molecule has 9 heteroatoms. The molecule has 2 heterocycles. The smallest absolute Gasteiger partial charge is 0.225 e. The molecule has 0 aliphatic carbocycles. The number of aromatic nitrogens is 2. The number of hydrogen-bond donors (Lipinski definition) is 2. The van der Waals surface area contributed by atoms with E-state index in [0.717, 1.165) is 32.7 Å². The molecule has 1 aromatic rings. The number of amides is 2. The highest BCUT2D eigenvalue weighted by Gasteiger charge is 2.19. The molecule has 2 amide bonds. The third kappa shape index (κ3) is 4.78. The number of nitrogens with zero attached hydrogens (tertiary/aromatic N) is 3. The Morgan fingerprint density at radius 3 is 2.50 bits per heavy atom. The standard InChI is InChI=1S/C13H21N5O4/c1-9(18-5-7-21-8-6-18)3-4-11(20)15-13-12(14-10(2)19)16-22-17-13/h9H,3-8H2,1-2H3,(H,14,16,19)(H,15,17,20). The Bertz CT molecular complexity index is 512. The first-order valence-corrected chi connectivity index (χ1v) is 7.28. The molecule has 22 heavy (non-hydrogen) atoms. The van der Waals surface area contributed by atoms with E-state index in [1.807, 2.05) is 0 Å². The molecule has 122 valence electrons. The van der Waals surface area contributed by atoms with Crippen molar-refractivity contribution in [3.63, 3.8) is 0 Å². The molecule has 1 saturated heterocycles. The molecule has 0 radical (unpaired) electrons. The number of ether oxygens (including phenoxy) is 1. The van der Waals surface area contributed by atoms with Gasteiger partial charge in [0.05, 0.1) is 13.2 Å². The average Bonchev–Trinajstić information content (AvgIpc) is 2.92. The summed E-state index contributed by atoms with van der Waals surface area (Å²) in [4.78, 5) is 25.3. The highest BCUT2D eigenvalue weighted by atomic mass is 16.6. The third-order valence-corrected chi connectivity index (χ3v) is 3.50. The zero-order valence-electron chi connectivity index (χ0n) is 12.8. The van der Waals surface area contributed by atoms with E-state index in [1.165, 1.54) is 6.92 Å². The van der Waals surface area contributed by atoms with Crippen LogP contribution in [0.5, 0.6) is 0 Å². The van der Waals surface area contributed by atoms with Crippen molar-refractivity contribution in [1.29, 1.82) is 0 Å². The first-order chi connectivity index (χ1) is 10.6. The molecule has 2 rings (SSSR count). The second-order valence-electron chi connectivity index (χ2n) is 5.23. The number of morpholine rings is 1. The fourth-order valence-electron chi connectivity index (χ4n) is 2.25. The maximum atomic E-state index is 12.0. The third-order valence-electron chi connectivity index (χ3n) is 3.50. The Labute approximate surface area is 128 Å². The predicted octanol–water partition coefficient (Wildman–Crippen LogP) is 0.467. The van der Waals surface area contributed by atoms with Gasteiger partial charge in [-0.2, -0.15) is 0 Å². The highest BCUT2D eigenvalue weighted by molar-refractivity contribution is 5.96. The van der Waals surface area contributed by atoms with Crippen LogP contribution in [0.15, 0.2) is 4.63 Å². The summed E-state index contributed by atoms with van der Waals surface area (Å²) in [5.41, 5.74) is 0. The Morgan fingerprint density at radius 2 is 1.86 bits per heavy atom. The Kier molecular flexibility index (Phi) is 5.84. The van der Waals surface area contributed by atoms with Gasteiger partial charge in [-0.3, -0.25) is 14.5 Å². The number of carbonyl (C=O) groups excluding carboxylic acids is 2. The molecular weight excluding hydrogens is 290 g/mol.